The molecule has 0 fully saturated rings. The van der Waals surface area contributed by atoms with E-state index >= 15 is 0 Å². The van der Waals surface area contributed by atoms with E-state index in [0.717, 1.165) is 17.9 Å². The molecule has 0 saturated carbocycles. The standard InChI is InChI=1S/C13H18ClNO/c1-5-15-8-10-6-12(14)13(16-4)7-11(10)9(2)3/h6-9H,5H2,1-4H3. The van der Waals surface area contributed by atoms with E-state index in [0.29, 0.717) is 10.9 Å². The molecule has 2 nitrogen and oxygen atoms in total. The van der Waals surface area contributed by atoms with Crippen LogP contribution in [-0.2, 0) is 0 Å². The number of aliphatic imine (C=N–C) groups is 1. The topological polar surface area (TPSA) is 21.6 Å². The molecule has 0 heterocycles. The van der Waals surface area contributed by atoms with Gasteiger partial charge in [-0.3, -0.25) is 4.99 Å². The second-order valence-electron chi connectivity index (χ2n) is 3.90. The van der Waals surface area contributed by atoms with Gasteiger partial charge in [-0.2, -0.15) is 0 Å². The molecule has 0 aliphatic carbocycles. The summed E-state index contributed by atoms with van der Waals surface area (Å²) in [4.78, 5) is 4.26. The minimum absolute atomic E-state index is 0.421. The third-order valence-corrected chi connectivity index (χ3v) is 2.69. The van der Waals surface area contributed by atoms with E-state index in [-0.39, 0.29) is 0 Å². The van der Waals surface area contributed by atoms with Gasteiger partial charge in [0.2, 0.25) is 0 Å². The van der Waals surface area contributed by atoms with Crippen LogP contribution in [0.5, 0.6) is 5.75 Å². The summed E-state index contributed by atoms with van der Waals surface area (Å²) in [5.74, 6) is 1.14. The number of nitrogens with zero attached hydrogens (tertiary/aromatic N) is 1. The fourth-order valence-electron chi connectivity index (χ4n) is 1.54. The third-order valence-electron chi connectivity index (χ3n) is 2.39. The van der Waals surface area contributed by atoms with Gasteiger partial charge in [0.15, 0.2) is 0 Å². The highest BCUT2D eigenvalue weighted by Gasteiger charge is 2.10. The molecule has 0 aromatic heterocycles. The number of methoxy groups -OCH3 is 1. The van der Waals surface area contributed by atoms with Crippen molar-refractivity contribution < 1.29 is 4.74 Å². The predicted molar refractivity (Wildman–Crippen MR) is 70.2 cm³/mol. The zero-order valence-corrected chi connectivity index (χ0v) is 11.0. The van der Waals surface area contributed by atoms with Crippen LogP contribution in [0.3, 0.4) is 0 Å². The summed E-state index contributed by atoms with van der Waals surface area (Å²) in [6, 6.07) is 3.90. The summed E-state index contributed by atoms with van der Waals surface area (Å²) in [6.45, 7) is 7.08. The first-order chi connectivity index (χ1) is 7.60. The molecule has 0 spiro atoms. The molecule has 0 saturated heterocycles. The highest BCUT2D eigenvalue weighted by atomic mass is 35.5. The van der Waals surface area contributed by atoms with Gasteiger partial charge in [0, 0.05) is 12.8 Å². The maximum Gasteiger partial charge on any atom is 0.137 e. The highest BCUT2D eigenvalue weighted by molar-refractivity contribution is 6.32. The van der Waals surface area contributed by atoms with Gasteiger partial charge >= 0.3 is 0 Å². The Bertz CT molecular complexity index is 386. The van der Waals surface area contributed by atoms with E-state index in [1.807, 2.05) is 25.3 Å². The summed E-state index contributed by atoms with van der Waals surface area (Å²) < 4.78 is 5.22. The van der Waals surface area contributed by atoms with E-state index in [9.17, 15) is 0 Å². The van der Waals surface area contributed by atoms with Gasteiger partial charge < -0.3 is 4.74 Å². The van der Waals surface area contributed by atoms with Crippen LogP contribution in [0.1, 0.15) is 37.8 Å². The number of rotatable bonds is 4. The van der Waals surface area contributed by atoms with Crippen molar-refractivity contribution in [2.45, 2.75) is 26.7 Å². The number of hydrogen-bond acceptors (Lipinski definition) is 2. The average molecular weight is 240 g/mol. The Morgan fingerprint density at radius 2 is 2.12 bits per heavy atom. The van der Waals surface area contributed by atoms with Crippen LogP contribution in [0.2, 0.25) is 5.02 Å². The molecule has 0 amide bonds. The second-order valence-corrected chi connectivity index (χ2v) is 4.31. The second kappa shape index (κ2) is 5.90. The maximum atomic E-state index is 6.10. The first-order valence-electron chi connectivity index (χ1n) is 5.47. The molecule has 0 unspecified atom stereocenters. The summed E-state index contributed by atoms with van der Waals surface area (Å²) in [5, 5.41) is 0.629. The van der Waals surface area contributed by atoms with Gasteiger partial charge in [-0.1, -0.05) is 25.4 Å². The van der Waals surface area contributed by atoms with Crippen molar-refractivity contribution >= 4 is 17.8 Å². The molecule has 3 heteroatoms. The fraction of sp³-hybridized carbons (Fsp3) is 0.462. The Hall–Kier alpha value is -1.02. The Morgan fingerprint density at radius 1 is 1.44 bits per heavy atom. The molecule has 1 aromatic rings. The first kappa shape index (κ1) is 13.0. The molecule has 88 valence electrons. The van der Waals surface area contributed by atoms with Gasteiger partial charge in [0.05, 0.1) is 12.1 Å². The molecule has 1 rings (SSSR count). The lowest BCUT2D eigenvalue weighted by atomic mass is 9.97. The van der Waals surface area contributed by atoms with Gasteiger partial charge in [-0.15, -0.1) is 0 Å². The Labute approximate surface area is 102 Å². The maximum absolute atomic E-state index is 6.10. The Morgan fingerprint density at radius 3 is 2.62 bits per heavy atom. The number of halogens is 1. The van der Waals surface area contributed by atoms with Crippen molar-refractivity contribution in [2.24, 2.45) is 4.99 Å². The van der Waals surface area contributed by atoms with Crippen LogP contribution in [0.4, 0.5) is 0 Å². The minimum atomic E-state index is 0.421. The van der Waals surface area contributed by atoms with Crippen LogP contribution >= 0.6 is 11.6 Å². The van der Waals surface area contributed by atoms with Gasteiger partial charge in [0.25, 0.3) is 0 Å². The molecular formula is C13H18ClNO. The normalized spacial score (nSPS) is 11.4. The molecule has 0 atom stereocenters. The highest BCUT2D eigenvalue weighted by Crippen LogP contribution is 2.31. The van der Waals surface area contributed by atoms with Crippen molar-refractivity contribution in [3.05, 3.63) is 28.3 Å². The monoisotopic (exact) mass is 239 g/mol. The van der Waals surface area contributed by atoms with E-state index in [2.05, 4.69) is 18.8 Å². The lowest BCUT2D eigenvalue weighted by molar-refractivity contribution is 0.414. The summed E-state index contributed by atoms with van der Waals surface area (Å²) in [5.41, 5.74) is 2.28. The van der Waals surface area contributed by atoms with Crippen molar-refractivity contribution in [3.63, 3.8) is 0 Å². The molecule has 1 aromatic carbocycles. The minimum Gasteiger partial charge on any atom is -0.495 e. The number of hydrogen-bond donors (Lipinski definition) is 0. The summed E-state index contributed by atoms with van der Waals surface area (Å²) in [6.07, 6.45) is 1.88. The van der Waals surface area contributed by atoms with Crippen molar-refractivity contribution in [1.29, 1.82) is 0 Å². The zero-order valence-electron chi connectivity index (χ0n) is 10.2. The van der Waals surface area contributed by atoms with Crippen LogP contribution in [0.15, 0.2) is 17.1 Å². The molecule has 0 radical (unpaired) electrons. The van der Waals surface area contributed by atoms with Crippen LogP contribution in [0.25, 0.3) is 0 Å². The lowest BCUT2D eigenvalue weighted by Crippen LogP contribution is -1.98. The van der Waals surface area contributed by atoms with Gasteiger partial charge in [-0.25, -0.2) is 0 Å². The van der Waals surface area contributed by atoms with E-state index < -0.39 is 0 Å². The summed E-state index contributed by atoms with van der Waals surface area (Å²) >= 11 is 6.10. The lowest BCUT2D eigenvalue weighted by Gasteiger charge is -2.13. The van der Waals surface area contributed by atoms with Crippen LogP contribution < -0.4 is 4.74 Å². The van der Waals surface area contributed by atoms with Crippen LogP contribution in [0, 0.1) is 0 Å². The van der Waals surface area contributed by atoms with E-state index in [1.165, 1.54) is 5.56 Å². The molecule has 0 bridgehead atoms. The molecular weight excluding hydrogens is 222 g/mol. The fourth-order valence-corrected chi connectivity index (χ4v) is 1.79. The van der Waals surface area contributed by atoms with Gasteiger partial charge in [0.1, 0.15) is 5.75 Å². The molecule has 16 heavy (non-hydrogen) atoms. The van der Waals surface area contributed by atoms with E-state index in [1.54, 1.807) is 7.11 Å². The molecule has 0 N–H and O–H groups in total. The third kappa shape index (κ3) is 2.99. The largest absolute Gasteiger partial charge is 0.495 e. The zero-order chi connectivity index (χ0) is 12.1. The Balaban J connectivity index is 3.24. The smallest absolute Gasteiger partial charge is 0.137 e. The molecule has 0 aliphatic heterocycles. The predicted octanol–water partition coefficient (Wildman–Crippen LogP) is 3.91. The number of ether oxygens (including phenoxy) is 1. The van der Waals surface area contributed by atoms with Gasteiger partial charge in [-0.05, 0) is 36.1 Å². The van der Waals surface area contributed by atoms with Crippen LogP contribution in [-0.4, -0.2) is 19.9 Å². The van der Waals surface area contributed by atoms with Crippen molar-refractivity contribution in [2.75, 3.05) is 13.7 Å². The van der Waals surface area contributed by atoms with Crippen molar-refractivity contribution in [3.8, 4) is 5.75 Å². The molecule has 0 aliphatic rings. The summed E-state index contributed by atoms with van der Waals surface area (Å²) in [7, 11) is 1.63. The quantitative estimate of drug-likeness (QED) is 0.730. The average Bonchev–Trinajstić information content (AvgIpc) is 2.25. The SMILES string of the molecule is CCN=Cc1cc(Cl)c(OC)cc1C(C)C. The number of benzene rings is 1. The Kier molecular flexibility index (Phi) is 4.81. The van der Waals surface area contributed by atoms with Crippen molar-refractivity contribution in [1.82, 2.24) is 0 Å². The first-order valence-corrected chi connectivity index (χ1v) is 5.85. The van der Waals surface area contributed by atoms with E-state index in [4.69, 9.17) is 16.3 Å².